The summed E-state index contributed by atoms with van der Waals surface area (Å²) in [5.74, 6) is 1.59. The first-order chi connectivity index (χ1) is 9.33. The molecule has 0 aliphatic heterocycles. The molecular formula is C17H26O2. The van der Waals surface area contributed by atoms with Crippen LogP contribution in [0, 0.1) is 0 Å². The number of unbranched alkanes of at least 4 members (excludes halogenated alkanes) is 5. The Labute approximate surface area is 117 Å². The minimum atomic E-state index is 0.753. The van der Waals surface area contributed by atoms with E-state index >= 15 is 0 Å². The SMILES string of the molecule is C=Cc1cccc(OCCCCCCCC)c1OC. The van der Waals surface area contributed by atoms with Crippen molar-refractivity contribution < 1.29 is 9.47 Å². The van der Waals surface area contributed by atoms with Gasteiger partial charge in [0.15, 0.2) is 11.5 Å². The summed E-state index contributed by atoms with van der Waals surface area (Å²) in [6.45, 7) is 6.77. The van der Waals surface area contributed by atoms with Crippen LogP contribution in [0.4, 0.5) is 0 Å². The standard InChI is InChI=1S/C17H26O2/c1-4-6-7-8-9-10-14-19-16-13-11-12-15(5-2)17(16)18-3/h5,11-13H,2,4,6-10,14H2,1,3H3. The molecule has 0 saturated heterocycles. The maximum Gasteiger partial charge on any atom is 0.167 e. The van der Waals surface area contributed by atoms with Gasteiger partial charge in [0.25, 0.3) is 0 Å². The highest BCUT2D eigenvalue weighted by Crippen LogP contribution is 2.31. The Morgan fingerprint density at radius 3 is 2.53 bits per heavy atom. The van der Waals surface area contributed by atoms with Crippen LogP contribution in [0.3, 0.4) is 0 Å². The Hall–Kier alpha value is -1.44. The molecule has 106 valence electrons. The van der Waals surface area contributed by atoms with E-state index in [0.717, 1.165) is 30.1 Å². The van der Waals surface area contributed by atoms with Crippen LogP contribution in [0.25, 0.3) is 6.08 Å². The zero-order chi connectivity index (χ0) is 13.9. The first kappa shape index (κ1) is 15.6. The summed E-state index contributed by atoms with van der Waals surface area (Å²) < 4.78 is 11.2. The summed E-state index contributed by atoms with van der Waals surface area (Å²) in [6.07, 6.45) is 9.41. The molecule has 0 N–H and O–H groups in total. The van der Waals surface area contributed by atoms with Gasteiger partial charge < -0.3 is 9.47 Å². The van der Waals surface area contributed by atoms with Gasteiger partial charge >= 0.3 is 0 Å². The highest BCUT2D eigenvalue weighted by atomic mass is 16.5. The molecule has 1 rings (SSSR count). The molecule has 0 aliphatic rings. The summed E-state index contributed by atoms with van der Waals surface area (Å²) in [5.41, 5.74) is 0.975. The molecule has 2 heteroatoms. The molecule has 0 aromatic heterocycles. The van der Waals surface area contributed by atoms with Crippen molar-refractivity contribution in [3.05, 3.63) is 30.3 Å². The Kier molecular flexibility index (Phi) is 7.80. The van der Waals surface area contributed by atoms with Gasteiger partial charge in [0, 0.05) is 5.56 Å². The highest BCUT2D eigenvalue weighted by Gasteiger charge is 2.07. The molecule has 0 unspecified atom stereocenters. The molecule has 19 heavy (non-hydrogen) atoms. The van der Waals surface area contributed by atoms with Crippen LogP contribution in [-0.2, 0) is 0 Å². The second kappa shape index (κ2) is 9.48. The maximum atomic E-state index is 5.80. The summed E-state index contributed by atoms with van der Waals surface area (Å²) in [5, 5.41) is 0. The van der Waals surface area contributed by atoms with E-state index in [4.69, 9.17) is 9.47 Å². The van der Waals surface area contributed by atoms with Crippen LogP contribution >= 0.6 is 0 Å². The van der Waals surface area contributed by atoms with Crippen molar-refractivity contribution in [3.63, 3.8) is 0 Å². The number of benzene rings is 1. The normalized spacial score (nSPS) is 10.2. The molecule has 0 heterocycles. The van der Waals surface area contributed by atoms with E-state index in [0.29, 0.717) is 0 Å². The zero-order valence-electron chi connectivity index (χ0n) is 12.3. The average molecular weight is 262 g/mol. The van der Waals surface area contributed by atoms with Crippen molar-refractivity contribution in [2.75, 3.05) is 13.7 Å². The average Bonchev–Trinajstić information content (AvgIpc) is 2.45. The van der Waals surface area contributed by atoms with Crippen LogP contribution in [0.15, 0.2) is 24.8 Å². The molecule has 0 atom stereocenters. The fourth-order valence-corrected chi connectivity index (χ4v) is 2.09. The molecule has 0 saturated carbocycles. The molecule has 0 bridgehead atoms. The second-order valence-corrected chi connectivity index (χ2v) is 4.70. The molecule has 0 fully saturated rings. The first-order valence-corrected chi connectivity index (χ1v) is 7.25. The van der Waals surface area contributed by atoms with Crippen molar-refractivity contribution >= 4 is 6.08 Å². The van der Waals surface area contributed by atoms with Gasteiger partial charge in [-0.05, 0) is 12.5 Å². The highest BCUT2D eigenvalue weighted by molar-refractivity contribution is 5.61. The van der Waals surface area contributed by atoms with E-state index < -0.39 is 0 Å². The fraction of sp³-hybridized carbons (Fsp3) is 0.529. The van der Waals surface area contributed by atoms with E-state index in [1.54, 1.807) is 13.2 Å². The van der Waals surface area contributed by atoms with Crippen LogP contribution in [0.5, 0.6) is 11.5 Å². The molecule has 0 spiro atoms. The van der Waals surface area contributed by atoms with Crippen molar-refractivity contribution in [1.82, 2.24) is 0 Å². The lowest BCUT2D eigenvalue weighted by molar-refractivity contribution is 0.284. The Morgan fingerprint density at radius 2 is 1.84 bits per heavy atom. The minimum absolute atomic E-state index is 0.753. The van der Waals surface area contributed by atoms with Crippen molar-refractivity contribution in [3.8, 4) is 11.5 Å². The summed E-state index contributed by atoms with van der Waals surface area (Å²) in [4.78, 5) is 0. The number of rotatable bonds is 10. The van der Waals surface area contributed by atoms with Gasteiger partial charge in [-0.15, -0.1) is 0 Å². The van der Waals surface area contributed by atoms with E-state index in [1.807, 2.05) is 18.2 Å². The Morgan fingerprint density at radius 1 is 1.11 bits per heavy atom. The lowest BCUT2D eigenvalue weighted by atomic mass is 10.1. The molecule has 0 radical (unpaired) electrons. The molecular weight excluding hydrogens is 236 g/mol. The van der Waals surface area contributed by atoms with Gasteiger partial charge in [-0.2, -0.15) is 0 Å². The molecule has 1 aromatic rings. The van der Waals surface area contributed by atoms with Gasteiger partial charge in [0.2, 0.25) is 0 Å². The van der Waals surface area contributed by atoms with Gasteiger partial charge in [-0.3, -0.25) is 0 Å². The fourth-order valence-electron chi connectivity index (χ4n) is 2.09. The number of para-hydroxylation sites is 1. The molecule has 1 aromatic carbocycles. The lowest BCUT2D eigenvalue weighted by Gasteiger charge is -2.12. The van der Waals surface area contributed by atoms with E-state index in [9.17, 15) is 0 Å². The molecule has 0 amide bonds. The largest absolute Gasteiger partial charge is 0.492 e. The third kappa shape index (κ3) is 5.37. The van der Waals surface area contributed by atoms with Crippen LogP contribution in [-0.4, -0.2) is 13.7 Å². The lowest BCUT2D eigenvalue weighted by Crippen LogP contribution is -2.00. The summed E-state index contributed by atoms with van der Waals surface area (Å²) >= 11 is 0. The first-order valence-electron chi connectivity index (χ1n) is 7.25. The number of hydrogen-bond acceptors (Lipinski definition) is 2. The minimum Gasteiger partial charge on any atom is -0.492 e. The van der Waals surface area contributed by atoms with Gasteiger partial charge in [0.1, 0.15) is 0 Å². The topological polar surface area (TPSA) is 18.5 Å². The second-order valence-electron chi connectivity index (χ2n) is 4.70. The summed E-state index contributed by atoms with van der Waals surface area (Å²) in [7, 11) is 1.67. The van der Waals surface area contributed by atoms with E-state index in [-0.39, 0.29) is 0 Å². The van der Waals surface area contributed by atoms with Crippen LogP contribution in [0.1, 0.15) is 51.0 Å². The number of methoxy groups -OCH3 is 1. The summed E-state index contributed by atoms with van der Waals surface area (Å²) in [6, 6.07) is 5.89. The van der Waals surface area contributed by atoms with Crippen molar-refractivity contribution in [2.45, 2.75) is 45.4 Å². The molecule has 0 aliphatic carbocycles. The van der Waals surface area contributed by atoms with E-state index in [2.05, 4.69) is 13.5 Å². The predicted octanol–water partition coefficient (Wildman–Crippen LogP) is 5.08. The Balaban J connectivity index is 2.35. The number of hydrogen-bond donors (Lipinski definition) is 0. The quantitative estimate of drug-likeness (QED) is 0.548. The number of ether oxygens (including phenoxy) is 2. The molecule has 2 nitrogen and oxygen atoms in total. The van der Waals surface area contributed by atoms with Gasteiger partial charge in [-0.1, -0.05) is 63.8 Å². The van der Waals surface area contributed by atoms with Crippen molar-refractivity contribution in [2.24, 2.45) is 0 Å². The van der Waals surface area contributed by atoms with Crippen LogP contribution < -0.4 is 9.47 Å². The van der Waals surface area contributed by atoms with Crippen molar-refractivity contribution in [1.29, 1.82) is 0 Å². The van der Waals surface area contributed by atoms with Crippen LogP contribution in [0.2, 0.25) is 0 Å². The monoisotopic (exact) mass is 262 g/mol. The van der Waals surface area contributed by atoms with E-state index in [1.165, 1.54) is 32.1 Å². The zero-order valence-corrected chi connectivity index (χ0v) is 12.3. The third-order valence-corrected chi connectivity index (χ3v) is 3.19. The maximum absolute atomic E-state index is 5.80. The smallest absolute Gasteiger partial charge is 0.167 e. The van der Waals surface area contributed by atoms with Gasteiger partial charge in [0.05, 0.1) is 13.7 Å². The van der Waals surface area contributed by atoms with Gasteiger partial charge in [-0.25, -0.2) is 0 Å². The predicted molar refractivity (Wildman–Crippen MR) is 82.0 cm³/mol. The Bertz CT molecular complexity index is 372. The third-order valence-electron chi connectivity index (χ3n) is 3.19.